The molecule has 0 fully saturated rings. The highest BCUT2D eigenvalue weighted by atomic mass is 16.2. The second kappa shape index (κ2) is 8.46. The zero-order valence-corrected chi connectivity index (χ0v) is 17.6. The summed E-state index contributed by atoms with van der Waals surface area (Å²) < 4.78 is 0. The molecular weight excluding hydrogens is 370 g/mol. The maximum Gasteiger partial charge on any atom is 0.255 e. The van der Waals surface area contributed by atoms with Gasteiger partial charge in [0, 0.05) is 36.6 Å². The fourth-order valence-corrected chi connectivity index (χ4v) is 3.72. The number of aryl methyl sites for hydroxylation is 3. The van der Waals surface area contributed by atoms with E-state index < -0.39 is 0 Å². The van der Waals surface area contributed by atoms with Crippen LogP contribution in [-0.2, 0) is 13.1 Å². The smallest absolute Gasteiger partial charge is 0.255 e. The van der Waals surface area contributed by atoms with Crippen molar-refractivity contribution in [3.63, 3.8) is 0 Å². The van der Waals surface area contributed by atoms with Crippen LogP contribution >= 0.6 is 0 Å². The molecule has 0 aliphatic heterocycles. The van der Waals surface area contributed by atoms with E-state index in [0.717, 1.165) is 33.3 Å². The summed E-state index contributed by atoms with van der Waals surface area (Å²) in [6, 6.07) is 20.1. The van der Waals surface area contributed by atoms with E-state index in [9.17, 15) is 4.79 Å². The van der Waals surface area contributed by atoms with Crippen molar-refractivity contribution in [1.29, 1.82) is 0 Å². The molecule has 4 nitrogen and oxygen atoms in total. The fourth-order valence-electron chi connectivity index (χ4n) is 3.72. The van der Waals surface area contributed by atoms with Gasteiger partial charge in [0.1, 0.15) is 0 Å². The Balaban J connectivity index is 1.78. The molecule has 0 unspecified atom stereocenters. The first-order valence-electron chi connectivity index (χ1n) is 10.1. The molecule has 0 aliphatic rings. The molecule has 30 heavy (non-hydrogen) atoms. The summed E-state index contributed by atoms with van der Waals surface area (Å²) >= 11 is 0. The molecule has 2 aromatic heterocycles. The van der Waals surface area contributed by atoms with Gasteiger partial charge in [-0.3, -0.25) is 14.8 Å². The van der Waals surface area contributed by atoms with Crippen molar-refractivity contribution in [2.24, 2.45) is 0 Å². The number of hydrogen-bond acceptors (Lipinski definition) is 3. The summed E-state index contributed by atoms with van der Waals surface area (Å²) in [7, 11) is 0. The highest BCUT2D eigenvalue weighted by Crippen LogP contribution is 2.24. The molecule has 0 radical (unpaired) electrons. The second-order valence-corrected chi connectivity index (χ2v) is 7.78. The Morgan fingerprint density at radius 2 is 1.77 bits per heavy atom. The van der Waals surface area contributed by atoms with Crippen molar-refractivity contribution >= 4 is 16.8 Å². The first kappa shape index (κ1) is 19.8. The molecule has 1 amide bonds. The summed E-state index contributed by atoms with van der Waals surface area (Å²) in [5, 5.41) is 0.895. The molecule has 2 heterocycles. The number of nitrogens with zero attached hydrogens (tertiary/aromatic N) is 3. The molecule has 0 N–H and O–H groups in total. The van der Waals surface area contributed by atoms with E-state index in [4.69, 9.17) is 0 Å². The maximum absolute atomic E-state index is 13.8. The summed E-state index contributed by atoms with van der Waals surface area (Å²) in [6.45, 7) is 7.08. The third-order valence-corrected chi connectivity index (χ3v) is 5.33. The Kier molecular flexibility index (Phi) is 5.57. The predicted octanol–water partition coefficient (Wildman–Crippen LogP) is 5.40. The van der Waals surface area contributed by atoms with Gasteiger partial charge in [-0.1, -0.05) is 42.0 Å². The van der Waals surface area contributed by atoms with Gasteiger partial charge in [0.05, 0.1) is 11.1 Å². The molecule has 0 saturated carbocycles. The number of amides is 1. The van der Waals surface area contributed by atoms with Gasteiger partial charge in [-0.05, 0) is 61.7 Å². The third-order valence-electron chi connectivity index (χ3n) is 5.33. The van der Waals surface area contributed by atoms with Gasteiger partial charge in [0.15, 0.2) is 0 Å². The molecule has 0 aliphatic carbocycles. The molecule has 4 heteroatoms. The van der Waals surface area contributed by atoms with Crippen LogP contribution in [0.2, 0.25) is 0 Å². The normalized spacial score (nSPS) is 10.9. The number of pyridine rings is 2. The summed E-state index contributed by atoms with van der Waals surface area (Å²) in [5.41, 5.74) is 6.81. The van der Waals surface area contributed by atoms with E-state index in [2.05, 4.69) is 29.0 Å². The lowest BCUT2D eigenvalue weighted by molar-refractivity contribution is 0.0731. The van der Waals surface area contributed by atoms with Crippen molar-refractivity contribution in [1.82, 2.24) is 14.9 Å². The number of carbonyl (C=O) groups excluding carboxylic acids is 1. The predicted molar refractivity (Wildman–Crippen MR) is 120 cm³/mol. The van der Waals surface area contributed by atoms with E-state index in [0.29, 0.717) is 18.7 Å². The maximum atomic E-state index is 13.8. The van der Waals surface area contributed by atoms with Gasteiger partial charge in [0.25, 0.3) is 5.91 Å². The summed E-state index contributed by atoms with van der Waals surface area (Å²) in [5.74, 6) is 0.00297. The fraction of sp³-hybridized carbons (Fsp3) is 0.192. The quantitative estimate of drug-likeness (QED) is 0.455. The zero-order chi connectivity index (χ0) is 21.1. The van der Waals surface area contributed by atoms with E-state index >= 15 is 0 Å². The van der Waals surface area contributed by atoms with Crippen LogP contribution in [0.5, 0.6) is 0 Å². The molecule has 0 spiro atoms. The Bertz CT molecular complexity index is 1200. The van der Waals surface area contributed by atoms with Gasteiger partial charge in [-0.15, -0.1) is 0 Å². The van der Waals surface area contributed by atoms with Crippen LogP contribution in [0.3, 0.4) is 0 Å². The molecule has 4 aromatic rings. The lowest BCUT2D eigenvalue weighted by atomic mass is 10.0. The van der Waals surface area contributed by atoms with Crippen LogP contribution in [0.15, 0.2) is 73.1 Å². The van der Waals surface area contributed by atoms with Gasteiger partial charge in [0.2, 0.25) is 0 Å². The number of carbonyl (C=O) groups is 1. The summed E-state index contributed by atoms with van der Waals surface area (Å²) in [4.78, 5) is 24.6. The molecule has 4 rings (SSSR count). The van der Waals surface area contributed by atoms with Crippen LogP contribution in [0.25, 0.3) is 10.9 Å². The van der Waals surface area contributed by atoms with E-state index in [1.54, 1.807) is 6.20 Å². The first-order valence-corrected chi connectivity index (χ1v) is 10.1. The average Bonchev–Trinajstić information content (AvgIpc) is 2.75. The minimum Gasteiger partial charge on any atom is -0.330 e. The molecular formula is C26H25N3O. The monoisotopic (exact) mass is 395 g/mol. The number of rotatable bonds is 5. The lowest BCUT2D eigenvalue weighted by Gasteiger charge is -2.25. The number of fused-ring (bicyclic) bond motifs is 1. The van der Waals surface area contributed by atoms with Crippen LogP contribution in [0.1, 0.15) is 38.3 Å². The van der Waals surface area contributed by atoms with Gasteiger partial charge < -0.3 is 4.90 Å². The number of aromatic nitrogens is 2. The Hall–Kier alpha value is -3.53. The van der Waals surface area contributed by atoms with Crippen molar-refractivity contribution in [3.8, 4) is 0 Å². The summed E-state index contributed by atoms with van der Waals surface area (Å²) in [6.07, 6.45) is 3.57. The van der Waals surface area contributed by atoms with Crippen LogP contribution in [0, 0.1) is 20.8 Å². The van der Waals surface area contributed by atoms with E-state index in [1.807, 2.05) is 73.5 Å². The largest absolute Gasteiger partial charge is 0.330 e. The van der Waals surface area contributed by atoms with Crippen LogP contribution in [-0.4, -0.2) is 20.8 Å². The van der Waals surface area contributed by atoms with Gasteiger partial charge in [-0.2, -0.15) is 0 Å². The molecule has 2 aromatic carbocycles. The minimum absolute atomic E-state index is 0.00297. The number of benzene rings is 2. The van der Waals surface area contributed by atoms with E-state index in [-0.39, 0.29) is 5.91 Å². The van der Waals surface area contributed by atoms with Gasteiger partial charge >= 0.3 is 0 Å². The Morgan fingerprint density at radius 3 is 2.53 bits per heavy atom. The SMILES string of the molecule is Cc1ccc2nc(C)cc(C(=O)N(Cc3cccnc3)Cc3ccccc3C)c2c1. The molecule has 0 saturated heterocycles. The van der Waals surface area contributed by atoms with Crippen molar-refractivity contribution in [2.45, 2.75) is 33.9 Å². The van der Waals surface area contributed by atoms with Crippen LogP contribution in [0.4, 0.5) is 0 Å². The molecule has 0 bridgehead atoms. The van der Waals surface area contributed by atoms with Gasteiger partial charge in [-0.25, -0.2) is 0 Å². The second-order valence-electron chi connectivity index (χ2n) is 7.78. The van der Waals surface area contributed by atoms with Crippen molar-refractivity contribution < 1.29 is 4.79 Å². The lowest BCUT2D eigenvalue weighted by Crippen LogP contribution is -2.30. The van der Waals surface area contributed by atoms with Crippen molar-refractivity contribution in [3.05, 3.63) is 107 Å². The van der Waals surface area contributed by atoms with Crippen LogP contribution < -0.4 is 0 Å². The number of hydrogen-bond donors (Lipinski definition) is 0. The molecule has 0 atom stereocenters. The Labute approximate surface area is 177 Å². The topological polar surface area (TPSA) is 46.1 Å². The highest BCUT2D eigenvalue weighted by Gasteiger charge is 2.21. The van der Waals surface area contributed by atoms with E-state index in [1.165, 1.54) is 5.56 Å². The third kappa shape index (κ3) is 4.23. The average molecular weight is 396 g/mol. The van der Waals surface area contributed by atoms with Crippen molar-refractivity contribution in [2.75, 3.05) is 0 Å². The highest BCUT2D eigenvalue weighted by molar-refractivity contribution is 6.06. The minimum atomic E-state index is 0.00297. The standard InChI is InChI=1S/C26H25N3O/c1-18-10-11-25-23(13-18)24(14-20(3)28-25)26(30)29(16-21-8-6-12-27-15-21)17-22-9-5-4-7-19(22)2/h4-15H,16-17H2,1-3H3. The molecule has 150 valence electrons. The Morgan fingerprint density at radius 1 is 0.933 bits per heavy atom. The zero-order valence-electron chi connectivity index (χ0n) is 17.6. The first-order chi connectivity index (χ1) is 14.5.